The molecule has 0 spiro atoms. The molecular formula is C28H49N3O6S. The van der Waals surface area contributed by atoms with Gasteiger partial charge >= 0.3 is 5.97 Å². The van der Waals surface area contributed by atoms with E-state index in [0.717, 1.165) is 50.8 Å². The Morgan fingerprint density at radius 3 is 2.00 bits per heavy atom. The van der Waals surface area contributed by atoms with Crippen LogP contribution in [-0.4, -0.2) is 72.2 Å². The minimum absolute atomic E-state index is 0.336. The molecule has 0 saturated carbocycles. The zero-order chi connectivity index (χ0) is 28.3. The van der Waals surface area contributed by atoms with E-state index in [1.54, 1.807) is 0 Å². The van der Waals surface area contributed by atoms with Crippen LogP contribution in [-0.2, 0) is 15.0 Å². The van der Waals surface area contributed by atoms with Gasteiger partial charge in [0.2, 0.25) is 0 Å². The third-order valence-electron chi connectivity index (χ3n) is 7.54. The number of nitrogens with zero attached hydrogens (tertiary/aromatic N) is 2. The summed E-state index contributed by atoms with van der Waals surface area (Å²) < 4.78 is 32.3. The number of carbonyl (C=O) groups excluding carboxylic acids is 1. The van der Waals surface area contributed by atoms with Crippen molar-refractivity contribution >= 4 is 16.1 Å². The molecule has 1 aliphatic rings. The van der Waals surface area contributed by atoms with Gasteiger partial charge in [-0.1, -0.05) is 66.2 Å². The number of hydrogen-bond acceptors (Lipinski definition) is 8. The van der Waals surface area contributed by atoms with Gasteiger partial charge in [-0.3, -0.25) is 14.4 Å². The Morgan fingerprint density at radius 1 is 1.03 bits per heavy atom. The number of aromatic hydroxyl groups is 1. The fourth-order valence-electron chi connectivity index (χ4n) is 5.36. The van der Waals surface area contributed by atoms with E-state index >= 15 is 0 Å². The SMILES string of the molecule is CCCCC(CC)CN1CN(CC(CC)CCCC)CC(C)(NOC(=O)c2cc(S(=O)(=O)O)ccc2O)C1. The van der Waals surface area contributed by atoms with Gasteiger partial charge in [-0.2, -0.15) is 8.42 Å². The van der Waals surface area contributed by atoms with Gasteiger partial charge in [0.15, 0.2) is 0 Å². The number of nitrogens with one attached hydrogen (secondary N) is 1. The molecule has 0 bridgehead atoms. The molecule has 0 aliphatic carbocycles. The minimum Gasteiger partial charge on any atom is -0.507 e. The van der Waals surface area contributed by atoms with E-state index in [-0.39, 0.29) is 5.56 Å². The Bertz CT molecular complexity index is 961. The fourth-order valence-corrected chi connectivity index (χ4v) is 5.86. The highest BCUT2D eigenvalue weighted by Gasteiger charge is 2.37. The van der Waals surface area contributed by atoms with Crippen molar-refractivity contribution in [2.24, 2.45) is 11.8 Å². The highest BCUT2D eigenvalue weighted by Crippen LogP contribution is 2.25. The van der Waals surface area contributed by atoms with Crippen molar-refractivity contribution in [3.05, 3.63) is 23.8 Å². The second-order valence-corrected chi connectivity index (χ2v) is 12.6. The van der Waals surface area contributed by atoms with Crippen LogP contribution in [0.3, 0.4) is 0 Å². The summed E-state index contributed by atoms with van der Waals surface area (Å²) in [4.78, 5) is 22.7. The van der Waals surface area contributed by atoms with E-state index in [0.29, 0.717) is 24.9 Å². The summed E-state index contributed by atoms with van der Waals surface area (Å²) in [6.45, 7) is 15.1. The average Bonchev–Trinajstić information content (AvgIpc) is 2.86. The molecule has 1 aliphatic heterocycles. The Hall–Kier alpha value is -1.72. The van der Waals surface area contributed by atoms with Crippen molar-refractivity contribution in [3.63, 3.8) is 0 Å². The van der Waals surface area contributed by atoms with E-state index in [1.807, 2.05) is 6.92 Å². The number of carbonyl (C=O) groups is 1. The lowest BCUT2D eigenvalue weighted by Gasteiger charge is -2.47. The maximum Gasteiger partial charge on any atom is 0.360 e. The van der Waals surface area contributed by atoms with Gasteiger partial charge in [-0.05, 0) is 49.8 Å². The van der Waals surface area contributed by atoms with E-state index < -0.39 is 32.3 Å². The maximum atomic E-state index is 12.8. The largest absolute Gasteiger partial charge is 0.507 e. The lowest BCUT2D eigenvalue weighted by Crippen LogP contribution is -2.65. The zero-order valence-corrected chi connectivity index (χ0v) is 24.7. The Balaban J connectivity index is 2.19. The van der Waals surface area contributed by atoms with Crippen LogP contribution in [0.1, 0.15) is 96.3 Å². The molecule has 0 radical (unpaired) electrons. The van der Waals surface area contributed by atoms with Crippen LogP contribution < -0.4 is 5.48 Å². The fraction of sp³-hybridized carbons (Fsp3) is 0.750. The lowest BCUT2D eigenvalue weighted by molar-refractivity contribution is -0.0584. The lowest BCUT2D eigenvalue weighted by atomic mass is 9.93. The van der Waals surface area contributed by atoms with Crippen molar-refractivity contribution in [3.8, 4) is 5.75 Å². The van der Waals surface area contributed by atoms with Gasteiger partial charge in [0.1, 0.15) is 11.3 Å². The van der Waals surface area contributed by atoms with Crippen LogP contribution in [0, 0.1) is 11.8 Å². The molecule has 1 fully saturated rings. The minimum atomic E-state index is -4.53. The first-order chi connectivity index (χ1) is 17.9. The Labute approximate surface area is 229 Å². The number of rotatable bonds is 16. The molecule has 38 heavy (non-hydrogen) atoms. The van der Waals surface area contributed by atoms with Crippen molar-refractivity contribution in [1.29, 1.82) is 0 Å². The molecule has 2 atom stereocenters. The number of phenols is 1. The van der Waals surface area contributed by atoms with Gasteiger partial charge in [0.25, 0.3) is 10.1 Å². The summed E-state index contributed by atoms with van der Waals surface area (Å²) in [6.07, 6.45) is 9.41. The van der Waals surface area contributed by atoms with Crippen LogP contribution in [0.4, 0.5) is 0 Å². The molecule has 2 unspecified atom stereocenters. The van der Waals surface area contributed by atoms with Crippen molar-refractivity contribution < 1.29 is 27.7 Å². The van der Waals surface area contributed by atoms with E-state index in [4.69, 9.17) is 4.84 Å². The third kappa shape index (κ3) is 10.1. The second-order valence-electron chi connectivity index (χ2n) is 11.2. The first kappa shape index (κ1) is 32.5. The summed E-state index contributed by atoms with van der Waals surface area (Å²) in [7, 11) is -4.53. The van der Waals surface area contributed by atoms with Crippen molar-refractivity contribution in [2.75, 3.05) is 32.8 Å². The molecule has 1 heterocycles. The summed E-state index contributed by atoms with van der Waals surface area (Å²) in [5, 5.41) is 10.1. The molecule has 10 heteroatoms. The molecule has 1 aromatic rings. The van der Waals surface area contributed by atoms with Crippen LogP contribution in [0.5, 0.6) is 5.75 Å². The molecule has 3 N–H and O–H groups in total. The molecule has 1 aromatic carbocycles. The van der Waals surface area contributed by atoms with Crippen molar-refractivity contribution in [1.82, 2.24) is 15.3 Å². The normalized spacial score (nSPS) is 20.8. The summed E-state index contributed by atoms with van der Waals surface area (Å²) >= 11 is 0. The highest BCUT2D eigenvalue weighted by molar-refractivity contribution is 7.85. The third-order valence-corrected chi connectivity index (χ3v) is 8.39. The molecule has 0 aromatic heterocycles. The molecule has 0 amide bonds. The number of phenolic OH excluding ortho intramolecular Hbond substituents is 1. The Kier molecular flexibility index (Phi) is 13.0. The standard InChI is InChI=1S/C28H49N3O6S/c1-6-10-12-22(8-3)17-30-19-28(5,20-31(21-30)18-23(9-4)13-11-7-2)29-37-27(33)25-16-24(38(34,35)36)14-15-26(25)32/h14-16,22-23,29,32H,6-13,17-21H2,1-5H3,(H,34,35,36). The highest BCUT2D eigenvalue weighted by atomic mass is 32.2. The first-order valence-corrected chi connectivity index (χ1v) is 15.6. The van der Waals surface area contributed by atoms with E-state index in [2.05, 4.69) is 43.0 Å². The van der Waals surface area contributed by atoms with Crippen LogP contribution in [0.15, 0.2) is 23.1 Å². The molecule has 218 valence electrons. The van der Waals surface area contributed by atoms with Crippen LogP contribution in [0.25, 0.3) is 0 Å². The summed E-state index contributed by atoms with van der Waals surface area (Å²) in [6, 6.07) is 2.99. The van der Waals surface area contributed by atoms with Gasteiger partial charge in [-0.25, -0.2) is 4.79 Å². The monoisotopic (exact) mass is 555 g/mol. The zero-order valence-electron chi connectivity index (χ0n) is 23.9. The number of unbranched alkanes of at least 4 members (excludes halogenated alkanes) is 2. The van der Waals surface area contributed by atoms with Crippen LogP contribution in [0.2, 0.25) is 0 Å². The average molecular weight is 556 g/mol. The van der Waals surface area contributed by atoms with Gasteiger partial charge in [-0.15, -0.1) is 5.48 Å². The maximum absolute atomic E-state index is 12.8. The Morgan fingerprint density at radius 2 is 1.55 bits per heavy atom. The number of hydrogen-bond donors (Lipinski definition) is 3. The quantitative estimate of drug-likeness (QED) is 0.190. The molecule has 9 nitrogen and oxygen atoms in total. The summed E-state index contributed by atoms with van der Waals surface area (Å²) in [5.74, 6) is -0.140. The smallest absolute Gasteiger partial charge is 0.360 e. The molecular weight excluding hydrogens is 506 g/mol. The second kappa shape index (κ2) is 15.2. The predicted molar refractivity (Wildman–Crippen MR) is 150 cm³/mol. The predicted octanol–water partition coefficient (Wildman–Crippen LogP) is 5.07. The van der Waals surface area contributed by atoms with E-state index in [1.165, 1.54) is 38.5 Å². The number of hydroxylamine groups is 1. The van der Waals surface area contributed by atoms with Gasteiger partial charge < -0.3 is 9.94 Å². The van der Waals surface area contributed by atoms with Gasteiger partial charge in [0, 0.05) is 26.2 Å². The van der Waals surface area contributed by atoms with Crippen molar-refractivity contribution in [2.45, 2.75) is 96.4 Å². The molecule has 1 saturated heterocycles. The number of benzene rings is 1. The van der Waals surface area contributed by atoms with Crippen LogP contribution >= 0.6 is 0 Å². The van der Waals surface area contributed by atoms with E-state index in [9.17, 15) is 22.9 Å². The first-order valence-electron chi connectivity index (χ1n) is 14.2. The topological polar surface area (TPSA) is 119 Å². The molecule has 2 rings (SSSR count). The van der Waals surface area contributed by atoms with Gasteiger partial charge in [0.05, 0.1) is 17.1 Å². The summed E-state index contributed by atoms with van der Waals surface area (Å²) in [5.41, 5.74) is 2.05.